The molecule has 0 saturated heterocycles. The molecular weight excluding hydrogens is 452 g/mol. The fourth-order valence-electron chi connectivity index (χ4n) is 2.26. The molecule has 0 nitrogen and oxygen atoms in total. The van der Waals surface area contributed by atoms with E-state index in [2.05, 4.69) is 0 Å². The molecule has 0 radical (unpaired) electrons. The fourth-order valence-corrected chi connectivity index (χ4v) is 4.16. The van der Waals surface area contributed by atoms with Gasteiger partial charge in [0.1, 0.15) is 0 Å². The van der Waals surface area contributed by atoms with E-state index in [4.69, 9.17) is 92.8 Å². The average Bonchev–Trinajstić information content (AvgIpc) is 2.48. The van der Waals surface area contributed by atoms with Gasteiger partial charge in [0.2, 0.25) is 0 Å². The number of fused-ring (bicyclic) bond motifs is 3. The number of rotatable bonds is 0. The standard InChI is InChI=1S/C14H2Cl8/c15-5-1-3-7(13(21)11(5)19)8-4(10(18)9(3)17)2-6(16)12(20)14(8)22/h1-2H. The molecule has 0 aliphatic rings. The largest absolute Gasteiger partial charge is 0.0826 e. The first-order chi connectivity index (χ1) is 10.3. The highest BCUT2D eigenvalue weighted by Gasteiger charge is 2.21. The van der Waals surface area contributed by atoms with E-state index in [0.29, 0.717) is 21.5 Å². The zero-order chi connectivity index (χ0) is 16.3. The van der Waals surface area contributed by atoms with Gasteiger partial charge in [0.05, 0.1) is 40.2 Å². The Bertz CT molecular complexity index is 882. The summed E-state index contributed by atoms with van der Waals surface area (Å²) in [5.41, 5.74) is 0. The lowest BCUT2D eigenvalue weighted by Gasteiger charge is -2.15. The lowest BCUT2D eigenvalue weighted by molar-refractivity contribution is 1.75. The highest BCUT2D eigenvalue weighted by molar-refractivity contribution is 6.58. The second kappa shape index (κ2) is 6.10. The Kier molecular flexibility index (Phi) is 4.80. The van der Waals surface area contributed by atoms with Crippen molar-refractivity contribution >= 4 is 114 Å². The molecule has 0 unspecified atom stereocenters. The molecule has 0 atom stereocenters. The van der Waals surface area contributed by atoms with Gasteiger partial charge in [-0.3, -0.25) is 0 Å². The third kappa shape index (κ3) is 2.44. The molecule has 3 aromatic carbocycles. The van der Waals surface area contributed by atoms with Crippen molar-refractivity contribution in [1.29, 1.82) is 0 Å². The zero-order valence-electron chi connectivity index (χ0n) is 10.2. The quantitative estimate of drug-likeness (QED) is 0.235. The van der Waals surface area contributed by atoms with Crippen LogP contribution in [0.25, 0.3) is 21.5 Å². The third-order valence-electron chi connectivity index (χ3n) is 3.24. The number of hydrogen-bond acceptors (Lipinski definition) is 0. The normalized spacial score (nSPS) is 11.6. The smallest absolute Gasteiger partial charge is 0.0785 e. The minimum absolute atomic E-state index is 0.192. The van der Waals surface area contributed by atoms with Crippen LogP contribution in [0.3, 0.4) is 0 Å². The van der Waals surface area contributed by atoms with Crippen molar-refractivity contribution < 1.29 is 0 Å². The summed E-state index contributed by atoms with van der Waals surface area (Å²) < 4.78 is 0. The van der Waals surface area contributed by atoms with Crippen molar-refractivity contribution in [3.05, 3.63) is 52.3 Å². The van der Waals surface area contributed by atoms with Crippen molar-refractivity contribution in [2.24, 2.45) is 0 Å². The summed E-state index contributed by atoms with van der Waals surface area (Å²) >= 11 is 49.8. The molecule has 3 rings (SSSR count). The van der Waals surface area contributed by atoms with Gasteiger partial charge >= 0.3 is 0 Å². The maximum absolute atomic E-state index is 6.35. The number of benzene rings is 3. The highest BCUT2D eigenvalue weighted by Crippen LogP contribution is 2.50. The van der Waals surface area contributed by atoms with Crippen LogP contribution in [0.1, 0.15) is 0 Å². The molecule has 0 saturated carbocycles. The van der Waals surface area contributed by atoms with Crippen molar-refractivity contribution in [2.45, 2.75) is 0 Å². The first kappa shape index (κ1) is 17.3. The number of hydrogen-bond donors (Lipinski definition) is 0. The Balaban J connectivity index is 2.77. The van der Waals surface area contributed by atoms with Crippen molar-refractivity contribution in [3.8, 4) is 0 Å². The van der Waals surface area contributed by atoms with E-state index in [0.717, 1.165) is 0 Å². The summed E-state index contributed by atoms with van der Waals surface area (Å²) in [7, 11) is 0. The van der Waals surface area contributed by atoms with Crippen LogP contribution in [0.15, 0.2) is 12.1 Å². The van der Waals surface area contributed by atoms with E-state index in [-0.39, 0.29) is 40.2 Å². The first-order valence-corrected chi connectivity index (χ1v) is 8.69. The average molecular weight is 454 g/mol. The Morgan fingerprint density at radius 2 is 0.727 bits per heavy atom. The van der Waals surface area contributed by atoms with Gasteiger partial charge in [-0.1, -0.05) is 92.8 Å². The molecule has 0 fully saturated rings. The van der Waals surface area contributed by atoms with Gasteiger partial charge in [0, 0.05) is 21.5 Å². The molecule has 0 aliphatic carbocycles. The predicted molar refractivity (Wildman–Crippen MR) is 102 cm³/mol. The maximum Gasteiger partial charge on any atom is 0.0785 e. The summed E-state index contributed by atoms with van der Waals surface area (Å²) in [5.74, 6) is 0. The SMILES string of the molecule is Clc1cc2c(Cl)c(Cl)c3cc(Cl)c(Cl)c(Cl)c3c2c(Cl)c1Cl. The second-order valence-electron chi connectivity index (χ2n) is 4.45. The van der Waals surface area contributed by atoms with Crippen LogP contribution < -0.4 is 0 Å². The van der Waals surface area contributed by atoms with E-state index >= 15 is 0 Å². The third-order valence-corrected chi connectivity index (χ3v) is 6.65. The minimum Gasteiger partial charge on any atom is -0.0826 e. The van der Waals surface area contributed by atoms with Crippen LogP contribution >= 0.6 is 92.8 Å². The summed E-state index contributed by atoms with van der Waals surface area (Å²) in [6, 6.07) is 3.16. The monoisotopic (exact) mass is 450 g/mol. The van der Waals surface area contributed by atoms with Crippen LogP contribution in [0, 0.1) is 0 Å². The molecule has 3 aromatic rings. The van der Waals surface area contributed by atoms with E-state index in [1.165, 1.54) is 0 Å². The summed E-state index contributed by atoms with van der Waals surface area (Å²) in [4.78, 5) is 0. The Hall–Kier alpha value is 0.500. The maximum atomic E-state index is 6.35. The molecule has 0 N–H and O–H groups in total. The summed E-state index contributed by atoms with van der Waals surface area (Å²) in [6.07, 6.45) is 0. The Morgan fingerprint density at radius 3 is 1.05 bits per heavy atom. The molecule has 0 aromatic heterocycles. The molecule has 0 bridgehead atoms. The molecule has 0 amide bonds. The fraction of sp³-hybridized carbons (Fsp3) is 0. The van der Waals surface area contributed by atoms with Crippen molar-refractivity contribution in [1.82, 2.24) is 0 Å². The molecular formula is C14H2Cl8. The Labute approximate surface area is 165 Å². The zero-order valence-corrected chi connectivity index (χ0v) is 16.2. The van der Waals surface area contributed by atoms with Gasteiger partial charge in [-0.05, 0) is 12.1 Å². The van der Waals surface area contributed by atoms with Crippen LogP contribution in [0.4, 0.5) is 0 Å². The first-order valence-electron chi connectivity index (χ1n) is 5.67. The molecule has 8 heteroatoms. The predicted octanol–water partition coefficient (Wildman–Crippen LogP) is 9.22. The van der Waals surface area contributed by atoms with Gasteiger partial charge in [-0.2, -0.15) is 0 Å². The Morgan fingerprint density at radius 1 is 0.409 bits per heavy atom. The lowest BCUT2D eigenvalue weighted by Crippen LogP contribution is -1.88. The van der Waals surface area contributed by atoms with Gasteiger partial charge in [0.15, 0.2) is 0 Å². The second-order valence-corrected chi connectivity index (χ2v) is 7.53. The van der Waals surface area contributed by atoms with Crippen LogP contribution in [0.2, 0.25) is 40.2 Å². The van der Waals surface area contributed by atoms with Crippen LogP contribution in [0.5, 0.6) is 0 Å². The van der Waals surface area contributed by atoms with Crippen LogP contribution in [-0.4, -0.2) is 0 Å². The summed E-state index contributed by atoms with van der Waals surface area (Å²) in [6.45, 7) is 0. The summed E-state index contributed by atoms with van der Waals surface area (Å²) in [5, 5.41) is 3.97. The topological polar surface area (TPSA) is 0 Å². The molecule has 114 valence electrons. The highest BCUT2D eigenvalue weighted by atomic mass is 35.5. The van der Waals surface area contributed by atoms with Crippen LogP contribution in [-0.2, 0) is 0 Å². The molecule has 22 heavy (non-hydrogen) atoms. The van der Waals surface area contributed by atoms with Crippen molar-refractivity contribution in [2.75, 3.05) is 0 Å². The lowest BCUT2D eigenvalue weighted by atomic mass is 10.0. The molecule has 0 heterocycles. The number of halogens is 8. The van der Waals surface area contributed by atoms with E-state index in [1.54, 1.807) is 12.1 Å². The van der Waals surface area contributed by atoms with E-state index in [1.807, 2.05) is 0 Å². The minimum atomic E-state index is 0.192. The van der Waals surface area contributed by atoms with Gasteiger partial charge < -0.3 is 0 Å². The van der Waals surface area contributed by atoms with Gasteiger partial charge in [0.25, 0.3) is 0 Å². The molecule has 0 spiro atoms. The van der Waals surface area contributed by atoms with Crippen molar-refractivity contribution in [3.63, 3.8) is 0 Å². The van der Waals surface area contributed by atoms with E-state index < -0.39 is 0 Å². The van der Waals surface area contributed by atoms with E-state index in [9.17, 15) is 0 Å². The van der Waals surface area contributed by atoms with Gasteiger partial charge in [-0.15, -0.1) is 0 Å². The van der Waals surface area contributed by atoms with Gasteiger partial charge in [-0.25, -0.2) is 0 Å². The molecule has 0 aliphatic heterocycles.